The number of rotatable bonds is 4. The fourth-order valence-electron chi connectivity index (χ4n) is 2.50. The van der Waals surface area contributed by atoms with Crippen molar-refractivity contribution in [1.29, 1.82) is 0 Å². The van der Waals surface area contributed by atoms with Crippen LogP contribution in [0, 0.1) is 6.92 Å². The van der Waals surface area contributed by atoms with E-state index in [0.717, 1.165) is 13.0 Å². The van der Waals surface area contributed by atoms with Gasteiger partial charge in [-0.25, -0.2) is 4.98 Å². The van der Waals surface area contributed by atoms with Gasteiger partial charge in [-0.2, -0.15) is 0 Å². The molecule has 0 saturated heterocycles. The van der Waals surface area contributed by atoms with Crippen LogP contribution in [0.2, 0.25) is 0 Å². The number of fused-ring (bicyclic) bond motifs is 1. The molecule has 0 atom stereocenters. The summed E-state index contributed by atoms with van der Waals surface area (Å²) >= 11 is 1.92. The highest BCUT2D eigenvalue weighted by atomic mass is 32.1. The molecular weight excluding hydrogens is 252 g/mol. The van der Waals surface area contributed by atoms with Gasteiger partial charge >= 0.3 is 0 Å². The van der Waals surface area contributed by atoms with Gasteiger partial charge in [-0.05, 0) is 44.7 Å². The number of hydrogen-bond donors (Lipinski definition) is 1. The molecule has 1 aromatic heterocycles. The van der Waals surface area contributed by atoms with Crippen molar-refractivity contribution in [2.75, 3.05) is 11.9 Å². The van der Waals surface area contributed by atoms with Crippen LogP contribution in [-0.4, -0.2) is 11.5 Å². The first-order chi connectivity index (χ1) is 9.31. The highest BCUT2D eigenvalue weighted by Crippen LogP contribution is 2.26. The van der Waals surface area contributed by atoms with E-state index in [1.165, 1.54) is 52.5 Å². The van der Waals surface area contributed by atoms with Crippen molar-refractivity contribution in [1.82, 2.24) is 4.98 Å². The number of anilines is 1. The molecule has 1 N–H and O–H groups in total. The molecule has 0 spiro atoms. The van der Waals surface area contributed by atoms with Crippen LogP contribution < -0.4 is 5.32 Å². The Morgan fingerprint density at radius 1 is 1.16 bits per heavy atom. The molecule has 0 amide bonds. The molecule has 0 bridgehead atoms. The molecule has 3 rings (SSSR count). The fraction of sp³-hybridized carbons (Fsp3) is 0.438. The van der Waals surface area contributed by atoms with Crippen LogP contribution in [0.15, 0.2) is 24.3 Å². The third-order valence-electron chi connectivity index (χ3n) is 3.61. The van der Waals surface area contributed by atoms with Crippen molar-refractivity contribution in [3.8, 4) is 0 Å². The Bertz CT molecular complexity index is 519. The summed E-state index contributed by atoms with van der Waals surface area (Å²) in [6.07, 6.45) is 6.13. The topological polar surface area (TPSA) is 24.9 Å². The zero-order chi connectivity index (χ0) is 13.1. The Hall–Kier alpha value is -1.35. The maximum Gasteiger partial charge on any atom is 0.0948 e. The van der Waals surface area contributed by atoms with E-state index < -0.39 is 0 Å². The van der Waals surface area contributed by atoms with Gasteiger partial charge in [0.15, 0.2) is 0 Å². The number of hydrogen-bond acceptors (Lipinski definition) is 3. The molecule has 0 saturated carbocycles. The number of nitrogens with one attached hydrogen (secondary N) is 1. The standard InChI is InChI=1S/C16H20N2S/c1-12-6-8-13(9-7-12)17-11-10-16-18-14-4-2-3-5-15(14)19-16/h6-9,17H,2-5,10-11H2,1H3. The zero-order valence-electron chi connectivity index (χ0n) is 11.4. The largest absolute Gasteiger partial charge is 0.385 e. The first-order valence-electron chi connectivity index (χ1n) is 7.09. The van der Waals surface area contributed by atoms with E-state index in [9.17, 15) is 0 Å². The van der Waals surface area contributed by atoms with Crippen molar-refractivity contribution in [3.05, 3.63) is 45.4 Å². The van der Waals surface area contributed by atoms with Crippen LogP contribution in [0.5, 0.6) is 0 Å². The Morgan fingerprint density at radius 3 is 2.74 bits per heavy atom. The molecule has 1 heterocycles. The Kier molecular flexibility index (Phi) is 3.83. The van der Waals surface area contributed by atoms with Gasteiger partial charge < -0.3 is 5.32 Å². The number of aryl methyl sites for hydroxylation is 3. The number of benzene rings is 1. The number of nitrogens with zero attached hydrogens (tertiary/aromatic N) is 1. The second kappa shape index (κ2) is 5.74. The minimum atomic E-state index is 0.968. The van der Waals surface area contributed by atoms with Gasteiger partial charge in [0, 0.05) is 23.5 Å². The molecule has 2 nitrogen and oxygen atoms in total. The van der Waals surface area contributed by atoms with E-state index in [4.69, 9.17) is 4.98 Å². The highest BCUT2D eigenvalue weighted by molar-refractivity contribution is 7.11. The predicted molar refractivity (Wildman–Crippen MR) is 82.1 cm³/mol. The van der Waals surface area contributed by atoms with Crippen molar-refractivity contribution in [2.45, 2.75) is 39.0 Å². The molecule has 1 aromatic carbocycles. The van der Waals surface area contributed by atoms with Gasteiger partial charge in [0.1, 0.15) is 0 Å². The van der Waals surface area contributed by atoms with Crippen LogP contribution in [0.1, 0.15) is 34.0 Å². The summed E-state index contributed by atoms with van der Waals surface area (Å²) in [6.45, 7) is 3.08. The van der Waals surface area contributed by atoms with Crippen LogP contribution in [0.4, 0.5) is 5.69 Å². The summed E-state index contributed by atoms with van der Waals surface area (Å²) in [5.74, 6) is 0. The van der Waals surface area contributed by atoms with Crippen molar-refractivity contribution < 1.29 is 0 Å². The van der Waals surface area contributed by atoms with Gasteiger partial charge in [0.05, 0.1) is 10.7 Å². The molecule has 0 unspecified atom stereocenters. The molecular formula is C16H20N2S. The van der Waals surface area contributed by atoms with Crippen LogP contribution in [0.25, 0.3) is 0 Å². The zero-order valence-corrected chi connectivity index (χ0v) is 12.2. The summed E-state index contributed by atoms with van der Waals surface area (Å²) in [6, 6.07) is 8.57. The number of aromatic nitrogens is 1. The molecule has 19 heavy (non-hydrogen) atoms. The van der Waals surface area contributed by atoms with Crippen molar-refractivity contribution in [2.24, 2.45) is 0 Å². The van der Waals surface area contributed by atoms with Gasteiger partial charge in [-0.3, -0.25) is 0 Å². The number of thiazole rings is 1. The first kappa shape index (κ1) is 12.7. The van der Waals surface area contributed by atoms with Gasteiger partial charge in [0.2, 0.25) is 0 Å². The summed E-state index contributed by atoms with van der Waals surface area (Å²) in [4.78, 5) is 6.31. The van der Waals surface area contributed by atoms with Crippen LogP contribution in [0.3, 0.4) is 0 Å². The Morgan fingerprint density at radius 2 is 1.95 bits per heavy atom. The second-order valence-corrected chi connectivity index (χ2v) is 6.40. The van der Waals surface area contributed by atoms with Gasteiger partial charge in [-0.15, -0.1) is 11.3 Å². The van der Waals surface area contributed by atoms with Crippen molar-refractivity contribution >= 4 is 17.0 Å². The lowest BCUT2D eigenvalue weighted by Crippen LogP contribution is -2.04. The van der Waals surface area contributed by atoms with E-state index in [-0.39, 0.29) is 0 Å². The first-order valence-corrected chi connectivity index (χ1v) is 7.91. The Balaban J connectivity index is 1.54. The lowest BCUT2D eigenvalue weighted by Gasteiger charge is -2.06. The quantitative estimate of drug-likeness (QED) is 0.910. The van der Waals surface area contributed by atoms with Crippen LogP contribution in [-0.2, 0) is 19.3 Å². The van der Waals surface area contributed by atoms with E-state index in [2.05, 4.69) is 36.5 Å². The molecule has 100 valence electrons. The summed E-state index contributed by atoms with van der Waals surface area (Å²) in [5, 5.41) is 4.77. The highest BCUT2D eigenvalue weighted by Gasteiger charge is 2.14. The molecule has 0 fully saturated rings. The van der Waals surface area contributed by atoms with Crippen molar-refractivity contribution in [3.63, 3.8) is 0 Å². The average molecular weight is 272 g/mol. The maximum atomic E-state index is 4.77. The SMILES string of the molecule is Cc1ccc(NCCc2nc3c(s2)CCCC3)cc1. The Labute approximate surface area is 118 Å². The third-order valence-corrected chi connectivity index (χ3v) is 4.83. The minimum Gasteiger partial charge on any atom is -0.385 e. The van der Waals surface area contributed by atoms with Gasteiger partial charge in [0.25, 0.3) is 0 Å². The van der Waals surface area contributed by atoms with E-state index in [1.54, 1.807) is 0 Å². The average Bonchev–Trinajstić information content (AvgIpc) is 2.83. The van der Waals surface area contributed by atoms with E-state index in [1.807, 2.05) is 11.3 Å². The molecule has 1 aliphatic carbocycles. The monoisotopic (exact) mass is 272 g/mol. The molecule has 2 aromatic rings. The van der Waals surface area contributed by atoms with Crippen LogP contribution >= 0.6 is 11.3 Å². The molecule has 1 aliphatic rings. The summed E-state index contributed by atoms with van der Waals surface area (Å²) in [5.41, 5.74) is 3.88. The maximum absolute atomic E-state index is 4.77. The summed E-state index contributed by atoms with van der Waals surface area (Å²) < 4.78 is 0. The van der Waals surface area contributed by atoms with Gasteiger partial charge in [-0.1, -0.05) is 17.7 Å². The molecule has 0 aliphatic heterocycles. The smallest absolute Gasteiger partial charge is 0.0948 e. The summed E-state index contributed by atoms with van der Waals surface area (Å²) in [7, 11) is 0. The minimum absolute atomic E-state index is 0.968. The third kappa shape index (κ3) is 3.16. The normalized spacial score (nSPS) is 14.2. The second-order valence-electron chi connectivity index (χ2n) is 5.23. The predicted octanol–water partition coefficient (Wildman–Crippen LogP) is 3.98. The lowest BCUT2D eigenvalue weighted by molar-refractivity contribution is 0.680. The van der Waals surface area contributed by atoms with E-state index in [0.29, 0.717) is 0 Å². The molecule has 0 radical (unpaired) electrons. The lowest BCUT2D eigenvalue weighted by atomic mass is 10.0. The fourth-order valence-corrected chi connectivity index (χ4v) is 3.65. The molecule has 3 heteroatoms. The van der Waals surface area contributed by atoms with E-state index >= 15 is 0 Å².